The highest BCUT2D eigenvalue weighted by Crippen LogP contribution is 2.57. The zero-order valence-corrected chi connectivity index (χ0v) is 17.5. The molecule has 0 aromatic heterocycles. The minimum absolute atomic E-state index is 0.221. The highest BCUT2D eigenvalue weighted by atomic mass is 31.3. The van der Waals surface area contributed by atoms with Gasteiger partial charge >= 0.3 is 15.6 Å². The maximum Gasteiger partial charge on any atom is 0.481 e. The van der Waals surface area contributed by atoms with Crippen molar-refractivity contribution in [3.63, 3.8) is 0 Å². The molecule has 0 saturated heterocycles. The Balaban J connectivity index is 4.34. The Morgan fingerprint density at radius 3 is 2.30 bits per heavy atom. The first kappa shape index (κ1) is 25.8. The molecule has 0 aromatic carbocycles. The lowest BCUT2D eigenvalue weighted by Gasteiger charge is -2.11. The summed E-state index contributed by atoms with van der Waals surface area (Å²) < 4.78 is 30.0. The fraction of sp³-hybridized carbons (Fsp3) is 0.600. The normalized spacial score (nSPS) is 16.4. The van der Waals surface area contributed by atoms with E-state index in [0.717, 1.165) is 29.6 Å². The summed E-state index contributed by atoms with van der Waals surface area (Å²) in [5.41, 5.74) is 11.4. The summed E-state index contributed by atoms with van der Waals surface area (Å²) in [5.74, 6) is 0. The number of allylic oxidation sites excluding steroid dienone is 3. The first-order valence-electron chi connectivity index (χ1n) is 8.11. The fourth-order valence-corrected chi connectivity index (χ4v) is 3.54. The quantitative estimate of drug-likeness (QED) is 0.124. The van der Waals surface area contributed by atoms with Crippen molar-refractivity contribution in [2.75, 3.05) is 6.61 Å². The van der Waals surface area contributed by atoms with Crippen LogP contribution in [-0.4, -0.2) is 27.3 Å². The minimum atomic E-state index is -5.10. The Labute approximate surface area is 159 Å². The number of rotatable bonds is 13. The van der Waals surface area contributed by atoms with Gasteiger partial charge in [0.15, 0.2) is 0 Å². The lowest BCUT2D eigenvalue weighted by atomic mass is 10.0. The van der Waals surface area contributed by atoms with Crippen molar-refractivity contribution in [2.45, 2.75) is 52.5 Å². The van der Waals surface area contributed by atoms with E-state index in [1.807, 2.05) is 13.8 Å². The molecule has 0 spiro atoms. The largest absolute Gasteiger partial charge is 0.481 e. The number of nitrogens with zero attached hydrogens (tertiary/aromatic N) is 3. The second-order valence-corrected chi connectivity index (χ2v) is 8.91. The summed E-state index contributed by atoms with van der Waals surface area (Å²) in [7, 11) is -9.91. The Bertz CT molecular complexity index is 706. The number of azide groups is 1. The summed E-state index contributed by atoms with van der Waals surface area (Å²) in [6, 6.07) is -0.221. The van der Waals surface area contributed by atoms with Crippen molar-refractivity contribution in [3.05, 3.63) is 45.9 Å². The molecule has 0 amide bonds. The third-order valence-corrected chi connectivity index (χ3v) is 5.63. The molecule has 12 heteroatoms. The second-order valence-electron chi connectivity index (χ2n) is 6.08. The summed E-state index contributed by atoms with van der Waals surface area (Å²) >= 11 is 0. The van der Waals surface area contributed by atoms with Crippen LogP contribution in [0.4, 0.5) is 0 Å². The Morgan fingerprint density at radius 2 is 1.78 bits per heavy atom. The van der Waals surface area contributed by atoms with E-state index in [0.29, 0.717) is 12.8 Å². The molecular formula is C15H27N3O7P2. The van der Waals surface area contributed by atoms with Gasteiger partial charge in [-0.15, -0.1) is 0 Å². The Morgan fingerprint density at radius 1 is 1.19 bits per heavy atom. The van der Waals surface area contributed by atoms with Crippen LogP contribution in [0.15, 0.2) is 40.6 Å². The monoisotopic (exact) mass is 423 g/mol. The van der Waals surface area contributed by atoms with Crippen LogP contribution in [0.3, 0.4) is 0 Å². The SMILES string of the molecule is C=C(C)C(CC/C(C)=C/CC/C(C)=C/COP(=O)(O)OP(=O)(O)O)N=[N+]=[N-]. The lowest BCUT2D eigenvalue weighted by Crippen LogP contribution is -2.04. The van der Waals surface area contributed by atoms with Crippen LogP contribution < -0.4 is 0 Å². The van der Waals surface area contributed by atoms with Gasteiger partial charge in [-0.25, -0.2) is 9.13 Å². The van der Waals surface area contributed by atoms with E-state index in [1.54, 1.807) is 6.92 Å². The van der Waals surface area contributed by atoms with Crippen LogP contribution >= 0.6 is 15.6 Å². The average Bonchev–Trinajstić information content (AvgIpc) is 2.48. The van der Waals surface area contributed by atoms with Gasteiger partial charge in [0.2, 0.25) is 0 Å². The van der Waals surface area contributed by atoms with Crippen molar-refractivity contribution >= 4 is 15.6 Å². The number of hydrogen-bond donors (Lipinski definition) is 3. The highest BCUT2D eigenvalue weighted by molar-refractivity contribution is 7.60. The topological polar surface area (TPSA) is 162 Å². The van der Waals surface area contributed by atoms with Crippen LogP contribution in [0, 0.1) is 0 Å². The maximum atomic E-state index is 11.3. The van der Waals surface area contributed by atoms with Crippen LogP contribution in [0.1, 0.15) is 46.5 Å². The van der Waals surface area contributed by atoms with E-state index >= 15 is 0 Å². The molecule has 0 fully saturated rings. The average molecular weight is 423 g/mol. The molecule has 154 valence electrons. The molecule has 0 aliphatic heterocycles. The van der Waals surface area contributed by atoms with Crippen LogP contribution in [0.5, 0.6) is 0 Å². The lowest BCUT2D eigenvalue weighted by molar-refractivity contribution is 0.191. The second kappa shape index (κ2) is 12.3. The van der Waals surface area contributed by atoms with Gasteiger partial charge in [0.1, 0.15) is 0 Å². The number of phosphoric ester groups is 1. The molecule has 10 nitrogen and oxygen atoms in total. The van der Waals surface area contributed by atoms with E-state index in [4.69, 9.17) is 20.2 Å². The fourth-order valence-electron chi connectivity index (χ4n) is 2.01. The molecule has 2 unspecified atom stereocenters. The van der Waals surface area contributed by atoms with E-state index in [2.05, 4.69) is 31.5 Å². The molecule has 0 aromatic rings. The highest BCUT2D eigenvalue weighted by Gasteiger charge is 2.31. The number of phosphoric acid groups is 2. The third kappa shape index (κ3) is 14.5. The Hall–Kier alpha value is -1.21. The molecular weight excluding hydrogens is 396 g/mol. The van der Waals surface area contributed by atoms with Crippen molar-refractivity contribution in [2.24, 2.45) is 5.11 Å². The Kier molecular flexibility index (Phi) is 11.7. The minimum Gasteiger partial charge on any atom is -0.302 e. The smallest absolute Gasteiger partial charge is 0.302 e. The molecule has 0 heterocycles. The van der Waals surface area contributed by atoms with Gasteiger partial charge in [0.05, 0.1) is 12.6 Å². The zero-order chi connectivity index (χ0) is 21.1. The molecule has 0 aliphatic rings. The van der Waals surface area contributed by atoms with E-state index in [-0.39, 0.29) is 12.6 Å². The summed E-state index contributed by atoms with van der Waals surface area (Å²) in [6.45, 7) is 9.11. The first-order valence-corrected chi connectivity index (χ1v) is 11.1. The summed E-state index contributed by atoms with van der Waals surface area (Å²) in [6.07, 6.45) is 6.47. The van der Waals surface area contributed by atoms with Crippen molar-refractivity contribution < 1.29 is 32.6 Å². The molecule has 27 heavy (non-hydrogen) atoms. The molecule has 0 aliphatic carbocycles. The predicted octanol–water partition coefficient (Wildman–Crippen LogP) is 4.92. The summed E-state index contributed by atoms with van der Waals surface area (Å²) in [4.78, 5) is 28.9. The van der Waals surface area contributed by atoms with Crippen molar-refractivity contribution in [1.29, 1.82) is 0 Å². The third-order valence-electron chi connectivity index (χ3n) is 3.48. The molecule has 0 bridgehead atoms. The standard InChI is InChI=1S/C15H27N3O7P2/c1-12(2)15(17-18-16)9-8-13(3)6-5-7-14(4)10-11-24-27(22,23)25-26(19,20)21/h6,10,15H,1,5,7-9,11H2,2-4H3,(H,22,23)(H2,19,20,21)/b13-6+,14-10+. The van der Waals surface area contributed by atoms with Gasteiger partial charge in [-0.2, -0.15) is 4.31 Å². The molecule has 2 atom stereocenters. The van der Waals surface area contributed by atoms with Gasteiger partial charge in [-0.05, 0) is 52.0 Å². The maximum absolute atomic E-state index is 11.3. The van der Waals surface area contributed by atoms with Gasteiger partial charge in [-0.3, -0.25) is 4.52 Å². The van der Waals surface area contributed by atoms with Crippen molar-refractivity contribution in [1.82, 2.24) is 0 Å². The molecule has 3 N–H and O–H groups in total. The molecule has 0 radical (unpaired) electrons. The summed E-state index contributed by atoms with van der Waals surface area (Å²) in [5, 5.41) is 3.71. The number of hydrogen-bond acceptors (Lipinski definition) is 5. The molecule has 0 saturated carbocycles. The van der Waals surface area contributed by atoms with Crippen LogP contribution in [0.25, 0.3) is 10.4 Å². The first-order chi connectivity index (χ1) is 12.4. The zero-order valence-electron chi connectivity index (χ0n) is 15.7. The van der Waals surface area contributed by atoms with Crippen molar-refractivity contribution in [3.8, 4) is 0 Å². The van der Waals surface area contributed by atoms with Gasteiger partial charge in [0, 0.05) is 4.91 Å². The van der Waals surface area contributed by atoms with Crippen LogP contribution in [0.2, 0.25) is 0 Å². The van der Waals surface area contributed by atoms with E-state index < -0.39 is 15.6 Å². The van der Waals surface area contributed by atoms with E-state index in [1.165, 1.54) is 6.08 Å². The molecule has 0 rings (SSSR count). The van der Waals surface area contributed by atoms with Crippen LogP contribution in [-0.2, 0) is 18.0 Å². The van der Waals surface area contributed by atoms with E-state index in [9.17, 15) is 9.13 Å². The predicted molar refractivity (Wildman–Crippen MR) is 103 cm³/mol. The van der Waals surface area contributed by atoms with Gasteiger partial charge < -0.3 is 14.7 Å². The van der Waals surface area contributed by atoms with Gasteiger partial charge in [0.25, 0.3) is 0 Å². The van der Waals surface area contributed by atoms with Gasteiger partial charge in [-0.1, -0.05) is 40.6 Å².